The normalized spacial score (nSPS) is 32.2. The summed E-state index contributed by atoms with van der Waals surface area (Å²) in [7, 11) is 2.28. The van der Waals surface area contributed by atoms with Crippen LogP contribution >= 0.6 is 0 Å². The van der Waals surface area contributed by atoms with E-state index in [4.69, 9.17) is 0 Å². The molecule has 3 saturated heterocycles. The summed E-state index contributed by atoms with van der Waals surface area (Å²) in [5, 5.41) is 0. The average molecular weight is 327 g/mol. The van der Waals surface area contributed by atoms with Crippen molar-refractivity contribution in [2.75, 3.05) is 39.8 Å². The minimum atomic E-state index is 0.234. The first kappa shape index (κ1) is 16.1. The number of nitrogens with zero attached hydrogens (tertiary/aromatic N) is 3. The fourth-order valence-corrected chi connectivity index (χ4v) is 5.29. The van der Waals surface area contributed by atoms with Crippen molar-refractivity contribution in [1.82, 2.24) is 14.7 Å². The Bertz CT molecular complexity index is 582. The predicted molar refractivity (Wildman–Crippen MR) is 95.6 cm³/mol. The van der Waals surface area contributed by atoms with Crippen molar-refractivity contribution in [3.8, 4) is 0 Å². The Morgan fingerprint density at radius 2 is 1.75 bits per heavy atom. The van der Waals surface area contributed by atoms with E-state index in [0.29, 0.717) is 12.1 Å². The lowest BCUT2D eigenvalue weighted by molar-refractivity contribution is -0.130. The molecular weight excluding hydrogens is 298 g/mol. The zero-order chi connectivity index (χ0) is 16.7. The van der Waals surface area contributed by atoms with Gasteiger partial charge in [0, 0.05) is 51.7 Å². The Balaban J connectivity index is 1.42. The second-order valence-corrected chi connectivity index (χ2v) is 7.91. The molecule has 1 aromatic carbocycles. The molecular formula is C20H29N3O. The first-order valence-electron chi connectivity index (χ1n) is 9.38. The summed E-state index contributed by atoms with van der Waals surface area (Å²) in [6, 6.07) is 12.3. The molecule has 3 fully saturated rings. The monoisotopic (exact) mass is 327 g/mol. The lowest BCUT2D eigenvalue weighted by Gasteiger charge is -2.37. The number of hydrogen-bond donors (Lipinski definition) is 0. The molecule has 4 nitrogen and oxygen atoms in total. The van der Waals surface area contributed by atoms with Gasteiger partial charge < -0.3 is 4.90 Å². The van der Waals surface area contributed by atoms with Crippen molar-refractivity contribution in [3.05, 3.63) is 35.9 Å². The van der Waals surface area contributed by atoms with Gasteiger partial charge in [-0.3, -0.25) is 14.6 Å². The molecule has 0 aromatic heterocycles. The van der Waals surface area contributed by atoms with Gasteiger partial charge in [0.15, 0.2) is 0 Å². The third kappa shape index (κ3) is 2.86. The molecule has 3 atom stereocenters. The first-order chi connectivity index (χ1) is 11.6. The fourth-order valence-electron chi connectivity index (χ4n) is 5.29. The number of carbonyl (C=O) groups excluding carboxylic acids is 1. The zero-order valence-electron chi connectivity index (χ0n) is 14.9. The highest BCUT2D eigenvalue weighted by Gasteiger charge is 2.47. The molecule has 0 radical (unpaired) electrons. The van der Waals surface area contributed by atoms with E-state index in [-0.39, 0.29) is 5.91 Å². The van der Waals surface area contributed by atoms with Gasteiger partial charge >= 0.3 is 0 Å². The molecule has 0 saturated carbocycles. The van der Waals surface area contributed by atoms with Gasteiger partial charge in [0.2, 0.25) is 5.91 Å². The second-order valence-electron chi connectivity index (χ2n) is 7.91. The lowest BCUT2D eigenvalue weighted by atomic mass is 9.90. The molecule has 3 aliphatic heterocycles. The van der Waals surface area contributed by atoms with Crippen molar-refractivity contribution in [1.29, 1.82) is 0 Å². The van der Waals surface area contributed by atoms with Gasteiger partial charge in [-0.2, -0.15) is 0 Å². The maximum atomic E-state index is 11.5. The quantitative estimate of drug-likeness (QED) is 0.833. The van der Waals surface area contributed by atoms with Crippen LogP contribution in [0.3, 0.4) is 0 Å². The number of likely N-dealkylation sites (tertiary alicyclic amines) is 3. The van der Waals surface area contributed by atoms with Crippen molar-refractivity contribution in [3.63, 3.8) is 0 Å². The molecule has 0 bridgehead atoms. The molecule has 1 amide bonds. The molecule has 24 heavy (non-hydrogen) atoms. The SMILES string of the molecule is CC(=O)N1CCC(N2C[C@@H]3CN(C)[C@@H](c4ccccc4)[C@@H]3C2)CC1. The van der Waals surface area contributed by atoms with E-state index < -0.39 is 0 Å². The second kappa shape index (κ2) is 6.49. The van der Waals surface area contributed by atoms with Gasteiger partial charge in [-0.1, -0.05) is 30.3 Å². The molecule has 4 rings (SSSR count). The van der Waals surface area contributed by atoms with Gasteiger partial charge in [-0.25, -0.2) is 0 Å². The first-order valence-corrected chi connectivity index (χ1v) is 9.38. The summed E-state index contributed by atoms with van der Waals surface area (Å²) in [6.07, 6.45) is 2.29. The fraction of sp³-hybridized carbons (Fsp3) is 0.650. The van der Waals surface area contributed by atoms with E-state index in [0.717, 1.165) is 37.8 Å². The van der Waals surface area contributed by atoms with Gasteiger partial charge in [-0.15, -0.1) is 0 Å². The number of carbonyl (C=O) groups is 1. The van der Waals surface area contributed by atoms with Crippen molar-refractivity contribution in [2.24, 2.45) is 11.8 Å². The third-order valence-electron chi connectivity index (χ3n) is 6.49. The van der Waals surface area contributed by atoms with Crippen LogP contribution in [0.15, 0.2) is 30.3 Å². The topological polar surface area (TPSA) is 26.8 Å². The summed E-state index contributed by atoms with van der Waals surface area (Å²) >= 11 is 0. The summed E-state index contributed by atoms with van der Waals surface area (Å²) in [6.45, 7) is 7.25. The van der Waals surface area contributed by atoms with Crippen LogP contribution in [-0.2, 0) is 4.79 Å². The molecule has 0 N–H and O–H groups in total. The predicted octanol–water partition coefficient (Wildman–Crippen LogP) is 2.23. The minimum Gasteiger partial charge on any atom is -0.343 e. The zero-order valence-corrected chi connectivity index (χ0v) is 14.9. The average Bonchev–Trinajstić information content (AvgIpc) is 3.12. The van der Waals surface area contributed by atoms with Gasteiger partial charge in [0.25, 0.3) is 0 Å². The molecule has 0 unspecified atom stereocenters. The summed E-state index contributed by atoms with van der Waals surface area (Å²) in [4.78, 5) is 18.8. The minimum absolute atomic E-state index is 0.234. The highest BCUT2D eigenvalue weighted by molar-refractivity contribution is 5.73. The standard InChI is InChI=1S/C20H29N3O/c1-15(24)22-10-8-18(9-11-22)23-13-17-12-21(2)20(19(17)14-23)16-6-4-3-5-7-16/h3-7,17-20H,8-14H2,1-2H3/t17-,19+,20-/m0/s1. The molecule has 3 heterocycles. The molecule has 0 spiro atoms. The molecule has 0 aliphatic carbocycles. The van der Waals surface area contributed by atoms with Crippen LogP contribution in [0.25, 0.3) is 0 Å². The Morgan fingerprint density at radius 1 is 1.04 bits per heavy atom. The molecule has 3 aliphatic rings. The van der Waals surface area contributed by atoms with E-state index in [1.165, 1.54) is 25.2 Å². The van der Waals surface area contributed by atoms with Crippen molar-refractivity contribution < 1.29 is 4.79 Å². The van der Waals surface area contributed by atoms with Crippen molar-refractivity contribution in [2.45, 2.75) is 31.8 Å². The van der Waals surface area contributed by atoms with Gasteiger partial charge in [0.05, 0.1) is 0 Å². The largest absolute Gasteiger partial charge is 0.343 e. The van der Waals surface area contributed by atoms with Gasteiger partial charge in [-0.05, 0) is 37.3 Å². The number of hydrogen-bond acceptors (Lipinski definition) is 3. The van der Waals surface area contributed by atoms with Crippen LogP contribution in [0, 0.1) is 11.8 Å². The van der Waals surface area contributed by atoms with Gasteiger partial charge in [0.1, 0.15) is 0 Å². The molecule has 130 valence electrons. The maximum absolute atomic E-state index is 11.5. The van der Waals surface area contributed by atoms with Crippen LogP contribution in [0.1, 0.15) is 31.4 Å². The number of piperidine rings is 1. The van der Waals surface area contributed by atoms with Crippen LogP contribution in [0.4, 0.5) is 0 Å². The smallest absolute Gasteiger partial charge is 0.219 e. The Labute approximate surface area is 145 Å². The Kier molecular flexibility index (Phi) is 4.35. The van der Waals surface area contributed by atoms with E-state index >= 15 is 0 Å². The number of amides is 1. The summed E-state index contributed by atoms with van der Waals surface area (Å²) < 4.78 is 0. The maximum Gasteiger partial charge on any atom is 0.219 e. The van der Waals surface area contributed by atoms with E-state index in [1.807, 2.05) is 4.90 Å². The van der Waals surface area contributed by atoms with Crippen LogP contribution in [0.2, 0.25) is 0 Å². The van der Waals surface area contributed by atoms with E-state index in [9.17, 15) is 4.79 Å². The lowest BCUT2D eigenvalue weighted by Crippen LogP contribution is -2.46. The number of benzene rings is 1. The number of fused-ring (bicyclic) bond motifs is 1. The Hall–Kier alpha value is -1.39. The van der Waals surface area contributed by atoms with Crippen LogP contribution < -0.4 is 0 Å². The Morgan fingerprint density at radius 3 is 2.42 bits per heavy atom. The highest BCUT2D eigenvalue weighted by atomic mass is 16.2. The van der Waals surface area contributed by atoms with Crippen LogP contribution in [-0.4, -0.2) is 66.4 Å². The highest BCUT2D eigenvalue weighted by Crippen LogP contribution is 2.45. The summed E-state index contributed by atoms with van der Waals surface area (Å²) in [5.74, 6) is 1.78. The van der Waals surface area contributed by atoms with Crippen LogP contribution in [0.5, 0.6) is 0 Å². The van der Waals surface area contributed by atoms with E-state index in [1.54, 1.807) is 6.92 Å². The number of rotatable bonds is 2. The molecule has 4 heteroatoms. The molecule has 1 aromatic rings. The third-order valence-corrected chi connectivity index (χ3v) is 6.49. The van der Waals surface area contributed by atoms with E-state index in [2.05, 4.69) is 47.2 Å². The summed E-state index contributed by atoms with van der Waals surface area (Å²) in [5.41, 5.74) is 1.47. The van der Waals surface area contributed by atoms with Crippen molar-refractivity contribution >= 4 is 5.91 Å².